The molecule has 8 atom stereocenters. The molecule has 0 aromatic heterocycles. The zero-order chi connectivity index (χ0) is 21.1. The van der Waals surface area contributed by atoms with Gasteiger partial charge in [-0.3, -0.25) is 9.09 Å². The van der Waals surface area contributed by atoms with E-state index in [1.165, 1.54) is 6.66 Å². The van der Waals surface area contributed by atoms with Crippen LogP contribution < -0.4 is 0 Å². The quantitative estimate of drug-likeness (QED) is 0.397. The van der Waals surface area contributed by atoms with Crippen LogP contribution in [0.1, 0.15) is 34.1 Å². The molecule has 3 unspecified atom stereocenters. The highest BCUT2D eigenvalue weighted by Crippen LogP contribution is 2.48. The highest BCUT2D eigenvalue weighted by Gasteiger charge is 2.46. The minimum atomic E-state index is -3.63. The number of rotatable bonds is 10. The Kier molecular flexibility index (Phi) is 9.02. The Morgan fingerprint density at radius 1 is 1.11 bits per heavy atom. The van der Waals surface area contributed by atoms with Crippen molar-refractivity contribution in [1.29, 1.82) is 0 Å². The van der Waals surface area contributed by atoms with Crippen molar-refractivity contribution in [3.63, 3.8) is 0 Å². The maximum Gasteiger partial charge on any atom is 0.328 e. The van der Waals surface area contributed by atoms with Gasteiger partial charge in [0.25, 0.3) is 0 Å². The van der Waals surface area contributed by atoms with Gasteiger partial charge >= 0.3 is 7.60 Å². The van der Waals surface area contributed by atoms with Crippen molar-refractivity contribution in [2.24, 2.45) is 0 Å². The molecule has 0 aliphatic carbocycles. The molecule has 2 rings (SSSR count). The summed E-state index contributed by atoms with van der Waals surface area (Å²) >= 11 is 0. The number of alkyl halides is 1. The summed E-state index contributed by atoms with van der Waals surface area (Å²) in [6.07, 6.45) is -3.94. The maximum atomic E-state index is 14.4. The Morgan fingerprint density at radius 2 is 1.79 bits per heavy atom. The third-order valence-corrected chi connectivity index (χ3v) is 5.63. The highest BCUT2D eigenvalue weighted by atomic mass is 31.2. The first-order valence-electron chi connectivity index (χ1n) is 9.62. The summed E-state index contributed by atoms with van der Waals surface area (Å²) in [6, 6.07) is -1.66. The van der Waals surface area contributed by atoms with Gasteiger partial charge in [0, 0.05) is 12.7 Å². The third-order valence-electron chi connectivity index (χ3n) is 4.38. The van der Waals surface area contributed by atoms with E-state index in [2.05, 4.69) is 0 Å². The molecule has 4 radical (unpaired) electrons. The van der Waals surface area contributed by atoms with Crippen molar-refractivity contribution in [1.82, 2.24) is 0 Å². The topological polar surface area (TPSA) is 72.5 Å². The summed E-state index contributed by atoms with van der Waals surface area (Å²) in [5.41, 5.74) is 0. The molecule has 11 heteroatoms. The molecule has 28 heavy (non-hydrogen) atoms. The lowest BCUT2D eigenvalue weighted by Gasteiger charge is -2.26. The van der Waals surface area contributed by atoms with Crippen LogP contribution in [0, 0.1) is 0 Å². The molecule has 2 fully saturated rings. The Hall–Kier alpha value is 0.0499. The molecule has 2 aliphatic rings. The predicted octanol–water partition coefficient (Wildman–Crippen LogP) is 1.94. The van der Waals surface area contributed by atoms with Gasteiger partial charge in [0.2, 0.25) is 0 Å². The van der Waals surface area contributed by atoms with Crippen molar-refractivity contribution in [3.8, 4) is 0 Å². The monoisotopic (exact) mass is 418 g/mol. The molecule has 158 valence electrons. The second kappa shape index (κ2) is 10.4. The van der Waals surface area contributed by atoms with E-state index in [9.17, 15) is 8.96 Å². The Bertz CT molecular complexity index is 542. The fourth-order valence-electron chi connectivity index (χ4n) is 3.14. The average molecular weight is 418 g/mol. The van der Waals surface area contributed by atoms with Crippen LogP contribution in [-0.4, -0.2) is 90.4 Å². The average Bonchev–Trinajstić information content (AvgIpc) is 3.04. The van der Waals surface area contributed by atoms with Gasteiger partial charge in [-0.15, -0.1) is 0 Å². The summed E-state index contributed by atoms with van der Waals surface area (Å²) in [6.45, 7) is 8.78. The van der Waals surface area contributed by atoms with Crippen molar-refractivity contribution < 1.29 is 37.0 Å². The summed E-state index contributed by atoms with van der Waals surface area (Å²) in [5, 5.41) is 0. The van der Waals surface area contributed by atoms with Gasteiger partial charge in [0.1, 0.15) is 40.2 Å². The molecule has 0 aromatic rings. The van der Waals surface area contributed by atoms with Crippen LogP contribution in [0.5, 0.6) is 0 Å². The van der Waals surface area contributed by atoms with Gasteiger partial charge in [0.05, 0.1) is 37.5 Å². The van der Waals surface area contributed by atoms with Gasteiger partial charge in [-0.25, -0.2) is 4.39 Å². The van der Waals surface area contributed by atoms with Gasteiger partial charge in [-0.1, -0.05) is 0 Å². The Labute approximate surface area is 169 Å². The van der Waals surface area contributed by atoms with E-state index in [4.69, 9.17) is 43.7 Å². The van der Waals surface area contributed by atoms with E-state index in [0.717, 1.165) is 0 Å². The van der Waals surface area contributed by atoms with E-state index in [1.54, 1.807) is 0 Å². The van der Waals surface area contributed by atoms with Crippen molar-refractivity contribution in [3.05, 3.63) is 0 Å². The summed E-state index contributed by atoms with van der Waals surface area (Å²) in [4.78, 5) is 0. The largest absolute Gasteiger partial charge is 0.380 e. The van der Waals surface area contributed by atoms with Crippen LogP contribution in [0.3, 0.4) is 0 Å². The fourth-order valence-corrected chi connectivity index (χ4v) is 4.31. The summed E-state index contributed by atoms with van der Waals surface area (Å²) in [7, 11) is 7.81. The van der Waals surface area contributed by atoms with Crippen LogP contribution in [0.25, 0.3) is 0 Å². The molecule has 0 amide bonds. The molecule has 0 saturated carbocycles. The van der Waals surface area contributed by atoms with Gasteiger partial charge in [0.15, 0.2) is 0 Å². The standard InChI is InChI=1S/C17H30B2FO7P/c1-9(2)22-7-13-16(15(20)17(19)26-13)27-28(5,21)23-8-12-11(24-10(3)4)6-14(18)25-12/h9-17H,6-8H2,1-5H3/t11?,12-,13-,14-,15+,16?,17-,28?/m1/s1. The number of hydrogen-bond donors (Lipinski definition) is 0. The van der Waals surface area contributed by atoms with Gasteiger partial charge < -0.3 is 23.5 Å². The number of ether oxygens (including phenoxy) is 4. The van der Waals surface area contributed by atoms with Gasteiger partial charge in [-0.05, 0) is 34.1 Å². The predicted molar refractivity (Wildman–Crippen MR) is 104 cm³/mol. The first-order valence-corrected chi connectivity index (χ1v) is 11.6. The molecule has 2 aliphatic heterocycles. The molecular weight excluding hydrogens is 388 g/mol. The summed E-state index contributed by atoms with van der Waals surface area (Å²) < 4.78 is 60.3. The van der Waals surface area contributed by atoms with Crippen molar-refractivity contribution in [2.45, 2.75) is 88.9 Å². The molecule has 7 nitrogen and oxygen atoms in total. The van der Waals surface area contributed by atoms with Gasteiger partial charge in [-0.2, -0.15) is 0 Å². The first-order chi connectivity index (χ1) is 13.0. The molecule has 0 spiro atoms. The Morgan fingerprint density at radius 3 is 2.39 bits per heavy atom. The highest BCUT2D eigenvalue weighted by molar-refractivity contribution is 7.53. The van der Waals surface area contributed by atoms with E-state index < -0.39 is 44.1 Å². The summed E-state index contributed by atoms with van der Waals surface area (Å²) in [5.74, 6) is 0. The molecule has 2 heterocycles. The molecule has 0 bridgehead atoms. The molecule has 2 saturated heterocycles. The zero-order valence-corrected chi connectivity index (χ0v) is 18.0. The molecule has 0 N–H and O–H groups in total. The van der Waals surface area contributed by atoms with Crippen LogP contribution in [0.4, 0.5) is 4.39 Å². The number of hydrogen-bond acceptors (Lipinski definition) is 7. The van der Waals surface area contributed by atoms with E-state index in [1.807, 2.05) is 27.7 Å². The van der Waals surface area contributed by atoms with E-state index in [0.29, 0.717) is 6.42 Å². The van der Waals surface area contributed by atoms with Crippen LogP contribution in [-0.2, 0) is 32.6 Å². The Balaban J connectivity index is 1.93. The van der Waals surface area contributed by atoms with Crippen LogP contribution in [0.15, 0.2) is 0 Å². The van der Waals surface area contributed by atoms with E-state index >= 15 is 0 Å². The fraction of sp³-hybridized carbons (Fsp3) is 1.00. The third kappa shape index (κ3) is 7.08. The number of halogens is 1. The molecule has 0 aromatic carbocycles. The van der Waals surface area contributed by atoms with Crippen LogP contribution in [0.2, 0.25) is 0 Å². The second-order valence-electron chi connectivity index (χ2n) is 7.77. The SMILES string of the molecule is [B][C@@H]1O[C@H](COC(C)C)C(OP(C)(=O)OC[C@H]2O[C@@H]([B])CC2OC(C)C)[C@@H]1F. The minimum Gasteiger partial charge on any atom is -0.380 e. The minimum absolute atomic E-state index is 0.0165. The lowest BCUT2D eigenvalue weighted by Crippen LogP contribution is -2.35. The normalized spacial score (nSPS) is 38.4. The molecular formula is C17H30B2FO7P. The lowest BCUT2D eigenvalue weighted by atomic mass is 9.94. The van der Waals surface area contributed by atoms with Crippen molar-refractivity contribution >= 4 is 23.3 Å². The van der Waals surface area contributed by atoms with Crippen molar-refractivity contribution in [2.75, 3.05) is 19.9 Å². The smallest absolute Gasteiger partial charge is 0.328 e. The maximum absolute atomic E-state index is 14.4. The lowest BCUT2D eigenvalue weighted by molar-refractivity contribution is -0.0609. The first kappa shape index (κ1) is 24.3. The van der Waals surface area contributed by atoms with Crippen LogP contribution >= 0.6 is 7.60 Å². The zero-order valence-electron chi connectivity index (χ0n) is 17.2. The van der Waals surface area contributed by atoms with E-state index in [-0.39, 0.29) is 31.5 Å². The second-order valence-corrected chi connectivity index (χ2v) is 9.79.